The van der Waals surface area contributed by atoms with Crippen molar-refractivity contribution in [1.29, 1.82) is 0 Å². The van der Waals surface area contributed by atoms with E-state index in [2.05, 4.69) is 9.88 Å². The molecule has 5 nitrogen and oxygen atoms in total. The zero-order valence-electron chi connectivity index (χ0n) is 11.4. The second-order valence-electron chi connectivity index (χ2n) is 4.70. The number of thioether (sulfide) groups is 1. The van der Waals surface area contributed by atoms with Crippen LogP contribution in [0, 0.1) is 0 Å². The standard InChI is InChI=1S/C13H17N3O2S2/c1-15-12(17)11-10(2-8-19-11)14-13(15)20-9-5-16-3-6-18-7-4-16/h2,8H,3-7,9H2,1H3. The first-order chi connectivity index (χ1) is 9.75. The highest BCUT2D eigenvalue weighted by molar-refractivity contribution is 7.99. The molecule has 108 valence electrons. The Hall–Kier alpha value is -0.890. The summed E-state index contributed by atoms with van der Waals surface area (Å²) in [7, 11) is 1.80. The molecule has 1 aliphatic rings. The number of hydrogen-bond acceptors (Lipinski definition) is 6. The summed E-state index contributed by atoms with van der Waals surface area (Å²) in [6.07, 6.45) is 0. The van der Waals surface area contributed by atoms with Gasteiger partial charge in [-0.15, -0.1) is 11.3 Å². The Bertz CT molecular complexity index is 647. The number of nitrogens with zero attached hydrogens (tertiary/aromatic N) is 3. The fraction of sp³-hybridized carbons (Fsp3) is 0.538. The van der Waals surface area contributed by atoms with Gasteiger partial charge in [0.15, 0.2) is 5.16 Å². The summed E-state index contributed by atoms with van der Waals surface area (Å²) in [5, 5.41) is 2.72. The van der Waals surface area contributed by atoms with Crippen molar-refractivity contribution < 1.29 is 4.74 Å². The van der Waals surface area contributed by atoms with E-state index >= 15 is 0 Å². The van der Waals surface area contributed by atoms with Gasteiger partial charge < -0.3 is 4.74 Å². The lowest BCUT2D eigenvalue weighted by atomic mass is 10.4. The van der Waals surface area contributed by atoms with E-state index in [4.69, 9.17) is 4.74 Å². The van der Waals surface area contributed by atoms with Crippen molar-refractivity contribution in [2.24, 2.45) is 7.05 Å². The van der Waals surface area contributed by atoms with E-state index in [0.717, 1.165) is 54.0 Å². The van der Waals surface area contributed by atoms with Gasteiger partial charge in [0.25, 0.3) is 5.56 Å². The predicted octanol–water partition coefficient (Wildman–Crippen LogP) is 1.42. The zero-order chi connectivity index (χ0) is 13.9. The molecule has 2 aromatic rings. The number of morpholine rings is 1. The highest BCUT2D eigenvalue weighted by Crippen LogP contribution is 2.20. The molecule has 1 fully saturated rings. The molecule has 0 saturated carbocycles. The minimum atomic E-state index is 0.0545. The van der Waals surface area contributed by atoms with Gasteiger partial charge in [-0.3, -0.25) is 14.3 Å². The molecule has 0 aliphatic carbocycles. The zero-order valence-corrected chi connectivity index (χ0v) is 13.0. The molecule has 0 radical (unpaired) electrons. The Kier molecular flexibility index (Phi) is 4.40. The summed E-state index contributed by atoms with van der Waals surface area (Å²) < 4.78 is 7.73. The Labute approximate surface area is 125 Å². The van der Waals surface area contributed by atoms with Gasteiger partial charge in [-0.05, 0) is 11.4 Å². The molecule has 0 unspecified atom stereocenters. The van der Waals surface area contributed by atoms with Crippen LogP contribution in [0.3, 0.4) is 0 Å². The van der Waals surface area contributed by atoms with Gasteiger partial charge in [0.2, 0.25) is 0 Å². The average molecular weight is 311 g/mol. The molecular weight excluding hydrogens is 294 g/mol. The Morgan fingerprint density at radius 3 is 3.05 bits per heavy atom. The quantitative estimate of drug-likeness (QED) is 0.631. The smallest absolute Gasteiger partial charge is 0.271 e. The number of thiophene rings is 1. The van der Waals surface area contributed by atoms with Crippen molar-refractivity contribution in [3.8, 4) is 0 Å². The average Bonchev–Trinajstić information content (AvgIpc) is 2.94. The van der Waals surface area contributed by atoms with Gasteiger partial charge in [0.1, 0.15) is 4.70 Å². The number of aromatic nitrogens is 2. The lowest BCUT2D eigenvalue weighted by Gasteiger charge is -2.26. The summed E-state index contributed by atoms with van der Waals surface area (Å²) in [5.41, 5.74) is 0.867. The third-order valence-corrected chi connectivity index (χ3v) is 5.29. The van der Waals surface area contributed by atoms with Crippen LogP contribution in [0.25, 0.3) is 10.2 Å². The van der Waals surface area contributed by atoms with Crippen molar-refractivity contribution >= 4 is 33.3 Å². The lowest BCUT2D eigenvalue weighted by molar-refractivity contribution is 0.0410. The highest BCUT2D eigenvalue weighted by atomic mass is 32.2. The van der Waals surface area contributed by atoms with Gasteiger partial charge in [0, 0.05) is 32.4 Å². The summed E-state index contributed by atoms with van der Waals surface area (Å²) in [4.78, 5) is 19.1. The maximum absolute atomic E-state index is 12.2. The normalized spacial score (nSPS) is 16.9. The number of hydrogen-bond donors (Lipinski definition) is 0. The van der Waals surface area contributed by atoms with Crippen LogP contribution in [-0.2, 0) is 11.8 Å². The van der Waals surface area contributed by atoms with Gasteiger partial charge >= 0.3 is 0 Å². The van der Waals surface area contributed by atoms with E-state index < -0.39 is 0 Å². The largest absolute Gasteiger partial charge is 0.379 e. The first-order valence-corrected chi connectivity index (χ1v) is 8.49. The van der Waals surface area contributed by atoms with Crippen LogP contribution in [-0.4, -0.2) is 53.1 Å². The highest BCUT2D eigenvalue weighted by Gasteiger charge is 2.12. The van der Waals surface area contributed by atoms with Crippen LogP contribution < -0.4 is 5.56 Å². The molecule has 2 aromatic heterocycles. The van der Waals surface area contributed by atoms with Crippen molar-refractivity contribution in [3.63, 3.8) is 0 Å². The molecule has 0 N–H and O–H groups in total. The molecule has 3 heterocycles. The molecule has 3 rings (SSSR count). The van der Waals surface area contributed by atoms with E-state index in [0.29, 0.717) is 0 Å². The molecular formula is C13H17N3O2S2. The molecule has 0 aromatic carbocycles. The van der Waals surface area contributed by atoms with Gasteiger partial charge in [-0.25, -0.2) is 4.98 Å². The topological polar surface area (TPSA) is 47.4 Å². The van der Waals surface area contributed by atoms with Crippen LogP contribution in [0.4, 0.5) is 0 Å². The minimum Gasteiger partial charge on any atom is -0.379 e. The SMILES string of the molecule is Cn1c(SCCN2CCOCC2)nc2ccsc2c1=O. The fourth-order valence-corrected chi connectivity index (χ4v) is 3.96. The van der Waals surface area contributed by atoms with Gasteiger partial charge in [-0.2, -0.15) is 0 Å². The Morgan fingerprint density at radius 2 is 2.25 bits per heavy atom. The fourth-order valence-electron chi connectivity index (χ4n) is 2.19. The maximum atomic E-state index is 12.2. The van der Waals surface area contributed by atoms with E-state index in [-0.39, 0.29) is 5.56 Å². The van der Waals surface area contributed by atoms with Gasteiger partial charge in [-0.1, -0.05) is 11.8 Å². The minimum absolute atomic E-state index is 0.0545. The second-order valence-corrected chi connectivity index (χ2v) is 6.67. The van der Waals surface area contributed by atoms with Crippen LogP contribution in [0.1, 0.15) is 0 Å². The van der Waals surface area contributed by atoms with Crippen LogP contribution in [0.15, 0.2) is 21.4 Å². The first-order valence-electron chi connectivity index (χ1n) is 6.63. The number of ether oxygens (including phenoxy) is 1. The number of rotatable bonds is 4. The van der Waals surface area contributed by atoms with E-state index in [9.17, 15) is 4.79 Å². The second kappa shape index (κ2) is 6.26. The van der Waals surface area contributed by atoms with E-state index in [1.807, 2.05) is 11.4 Å². The molecule has 0 amide bonds. The third-order valence-electron chi connectivity index (χ3n) is 3.39. The molecule has 7 heteroatoms. The maximum Gasteiger partial charge on any atom is 0.271 e. The summed E-state index contributed by atoms with van der Waals surface area (Å²) in [5.74, 6) is 0.940. The monoisotopic (exact) mass is 311 g/mol. The Balaban J connectivity index is 1.67. The van der Waals surface area contributed by atoms with E-state index in [1.54, 1.807) is 23.4 Å². The van der Waals surface area contributed by atoms with Crippen molar-refractivity contribution in [2.45, 2.75) is 5.16 Å². The van der Waals surface area contributed by atoms with Crippen LogP contribution in [0.2, 0.25) is 0 Å². The molecule has 0 bridgehead atoms. The Morgan fingerprint density at radius 1 is 1.45 bits per heavy atom. The van der Waals surface area contributed by atoms with Gasteiger partial charge in [0.05, 0.1) is 18.7 Å². The third kappa shape index (κ3) is 2.90. The molecule has 0 atom stereocenters. The predicted molar refractivity (Wildman–Crippen MR) is 82.8 cm³/mol. The molecule has 0 spiro atoms. The number of fused-ring (bicyclic) bond motifs is 1. The molecule has 1 saturated heterocycles. The van der Waals surface area contributed by atoms with E-state index in [1.165, 1.54) is 11.3 Å². The molecule has 20 heavy (non-hydrogen) atoms. The summed E-state index contributed by atoms with van der Waals surface area (Å²) in [6, 6.07) is 1.91. The lowest BCUT2D eigenvalue weighted by Crippen LogP contribution is -2.37. The van der Waals surface area contributed by atoms with Crippen molar-refractivity contribution in [1.82, 2.24) is 14.5 Å². The van der Waals surface area contributed by atoms with Crippen molar-refractivity contribution in [3.05, 3.63) is 21.8 Å². The van der Waals surface area contributed by atoms with Crippen LogP contribution >= 0.6 is 23.1 Å². The summed E-state index contributed by atoms with van der Waals surface area (Å²) in [6.45, 7) is 4.64. The first kappa shape index (κ1) is 14.1. The summed E-state index contributed by atoms with van der Waals surface area (Å²) >= 11 is 3.10. The molecule has 1 aliphatic heterocycles. The van der Waals surface area contributed by atoms with Crippen LogP contribution in [0.5, 0.6) is 0 Å². The van der Waals surface area contributed by atoms with Crippen molar-refractivity contribution in [2.75, 3.05) is 38.6 Å².